The molecule has 0 atom stereocenters. The fourth-order valence-corrected chi connectivity index (χ4v) is 1.85. The van der Waals surface area contributed by atoms with Gasteiger partial charge in [-0.15, -0.1) is 0 Å². The fraction of sp³-hybridized carbons (Fsp3) is 0.250. The normalized spacial score (nSPS) is 10.2. The predicted octanol–water partition coefficient (Wildman–Crippen LogP) is 3.59. The fourth-order valence-electron chi connectivity index (χ4n) is 1.85. The number of hydrogen-bond acceptors (Lipinski definition) is 5. The van der Waals surface area contributed by atoms with Crippen molar-refractivity contribution in [3.8, 4) is 17.2 Å². The molecule has 0 aliphatic rings. The van der Waals surface area contributed by atoms with Crippen molar-refractivity contribution in [2.75, 3.05) is 20.3 Å². The van der Waals surface area contributed by atoms with E-state index in [-0.39, 0.29) is 11.5 Å². The minimum Gasteiger partial charge on any atom is -0.493 e. The summed E-state index contributed by atoms with van der Waals surface area (Å²) in [5.74, 6) is 1.00. The van der Waals surface area contributed by atoms with Gasteiger partial charge in [0.15, 0.2) is 11.5 Å². The van der Waals surface area contributed by atoms with Crippen LogP contribution in [0.25, 0.3) is 0 Å². The summed E-state index contributed by atoms with van der Waals surface area (Å²) in [5.41, 5.74) is -0.0613. The number of ether oxygens (including phenoxy) is 3. The van der Waals surface area contributed by atoms with Crippen molar-refractivity contribution < 1.29 is 23.5 Å². The summed E-state index contributed by atoms with van der Waals surface area (Å²) in [6, 6.07) is 9.92. The lowest BCUT2D eigenvalue weighted by atomic mass is 10.3. The number of nitro groups is 1. The lowest BCUT2D eigenvalue weighted by Crippen LogP contribution is -2.06. The van der Waals surface area contributed by atoms with Crippen LogP contribution in [0.2, 0.25) is 0 Å². The Morgan fingerprint density at radius 2 is 1.74 bits per heavy atom. The van der Waals surface area contributed by atoms with Crippen molar-refractivity contribution in [3.05, 3.63) is 58.4 Å². The Labute approximate surface area is 132 Å². The second kappa shape index (κ2) is 7.98. The zero-order chi connectivity index (χ0) is 16.7. The summed E-state index contributed by atoms with van der Waals surface area (Å²) < 4.78 is 28.8. The number of hydrogen-bond donors (Lipinski definition) is 0. The zero-order valence-corrected chi connectivity index (χ0v) is 12.5. The second-order valence-electron chi connectivity index (χ2n) is 4.60. The third-order valence-electron chi connectivity index (χ3n) is 2.99. The van der Waals surface area contributed by atoms with Gasteiger partial charge >= 0.3 is 0 Å². The van der Waals surface area contributed by atoms with E-state index in [0.717, 1.165) is 0 Å². The molecular formula is C16H16FNO5. The molecule has 0 saturated heterocycles. The Bertz CT molecular complexity index is 660. The standard InChI is InChI=1S/C16H16FNO5/c1-21-16-11-13(18(19)20)5-8-15(16)23-10-2-9-22-14-6-3-12(17)4-7-14/h3-8,11H,2,9-10H2,1H3. The highest BCUT2D eigenvalue weighted by Crippen LogP contribution is 2.31. The highest BCUT2D eigenvalue weighted by molar-refractivity contribution is 5.48. The van der Waals surface area contributed by atoms with Gasteiger partial charge in [-0.2, -0.15) is 0 Å². The van der Waals surface area contributed by atoms with Gasteiger partial charge in [-0.3, -0.25) is 10.1 Å². The van der Waals surface area contributed by atoms with Gasteiger partial charge in [-0.05, 0) is 30.3 Å². The van der Waals surface area contributed by atoms with Crippen LogP contribution in [0, 0.1) is 15.9 Å². The third-order valence-corrected chi connectivity index (χ3v) is 2.99. The van der Waals surface area contributed by atoms with Gasteiger partial charge in [0, 0.05) is 12.5 Å². The molecule has 0 bridgehead atoms. The van der Waals surface area contributed by atoms with E-state index in [1.807, 2.05) is 0 Å². The molecule has 0 unspecified atom stereocenters. The number of non-ortho nitro benzene ring substituents is 1. The molecule has 2 aromatic carbocycles. The van der Waals surface area contributed by atoms with E-state index < -0.39 is 4.92 Å². The molecule has 0 aromatic heterocycles. The first-order valence-electron chi connectivity index (χ1n) is 6.94. The lowest BCUT2D eigenvalue weighted by molar-refractivity contribution is -0.385. The van der Waals surface area contributed by atoms with Gasteiger partial charge in [0.05, 0.1) is 31.3 Å². The maximum Gasteiger partial charge on any atom is 0.273 e. The Morgan fingerprint density at radius 1 is 1.04 bits per heavy atom. The van der Waals surface area contributed by atoms with Crippen LogP contribution < -0.4 is 14.2 Å². The summed E-state index contributed by atoms with van der Waals surface area (Å²) in [5, 5.41) is 10.7. The molecule has 0 fully saturated rings. The topological polar surface area (TPSA) is 70.8 Å². The molecule has 23 heavy (non-hydrogen) atoms. The number of methoxy groups -OCH3 is 1. The van der Waals surface area contributed by atoms with Gasteiger partial charge in [0.1, 0.15) is 11.6 Å². The first kappa shape index (κ1) is 16.5. The van der Waals surface area contributed by atoms with Crippen LogP contribution in [0.4, 0.5) is 10.1 Å². The molecule has 0 spiro atoms. The molecule has 122 valence electrons. The van der Waals surface area contributed by atoms with Gasteiger partial charge < -0.3 is 14.2 Å². The van der Waals surface area contributed by atoms with E-state index >= 15 is 0 Å². The van der Waals surface area contributed by atoms with Crippen LogP contribution in [0.15, 0.2) is 42.5 Å². The molecule has 0 aliphatic heterocycles. The van der Waals surface area contributed by atoms with Crippen LogP contribution >= 0.6 is 0 Å². The Hall–Kier alpha value is -2.83. The maximum atomic E-state index is 12.7. The molecule has 2 rings (SSSR count). The summed E-state index contributed by atoms with van der Waals surface area (Å²) in [6.45, 7) is 0.760. The van der Waals surface area contributed by atoms with Crippen molar-refractivity contribution in [1.82, 2.24) is 0 Å². The van der Waals surface area contributed by atoms with Crippen molar-refractivity contribution in [2.24, 2.45) is 0 Å². The molecule has 0 N–H and O–H groups in total. The number of nitro benzene ring substituents is 1. The largest absolute Gasteiger partial charge is 0.493 e. The first-order chi connectivity index (χ1) is 11.1. The zero-order valence-electron chi connectivity index (χ0n) is 12.5. The van der Waals surface area contributed by atoms with E-state index in [2.05, 4.69) is 0 Å². The van der Waals surface area contributed by atoms with Gasteiger partial charge in [0.2, 0.25) is 0 Å². The van der Waals surface area contributed by atoms with Crippen molar-refractivity contribution in [2.45, 2.75) is 6.42 Å². The average Bonchev–Trinajstić information content (AvgIpc) is 2.56. The summed E-state index contributed by atoms with van der Waals surface area (Å²) in [6.07, 6.45) is 0.595. The van der Waals surface area contributed by atoms with Crippen LogP contribution in [0.5, 0.6) is 17.2 Å². The number of halogens is 1. The molecular weight excluding hydrogens is 305 g/mol. The Morgan fingerprint density at radius 3 is 2.39 bits per heavy atom. The molecule has 0 amide bonds. The van der Waals surface area contributed by atoms with Crippen LogP contribution in [0.3, 0.4) is 0 Å². The van der Waals surface area contributed by atoms with Crippen LogP contribution in [-0.2, 0) is 0 Å². The van der Waals surface area contributed by atoms with Crippen molar-refractivity contribution >= 4 is 5.69 Å². The lowest BCUT2D eigenvalue weighted by Gasteiger charge is -2.11. The van der Waals surface area contributed by atoms with E-state index in [9.17, 15) is 14.5 Å². The highest BCUT2D eigenvalue weighted by Gasteiger charge is 2.12. The molecule has 0 aliphatic carbocycles. The maximum absolute atomic E-state index is 12.7. The quantitative estimate of drug-likeness (QED) is 0.422. The number of benzene rings is 2. The Balaban J connectivity index is 1.79. The summed E-state index contributed by atoms with van der Waals surface area (Å²) in [7, 11) is 1.42. The Kier molecular flexibility index (Phi) is 5.74. The summed E-state index contributed by atoms with van der Waals surface area (Å²) in [4.78, 5) is 10.2. The van der Waals surface area contributed by atoms with Crippen LogP contribution in [0.1, 0.15) is 6.42 Å². The summed E-state index contributed by atoms with van der Waals surface area (Å²) >= 11 is 0. The molecule has 7 heteroatoms. The third kappa shape index (κ3) is 4.84. The number of rotatable bonds is 8. The number of nitrogens with zero attached hydrogens (tertiary/aromatic N) is 1. The van der Waals surface area contributed by atoms with Gasteiger partial charge in [-0.1, -0.05) is 0 Å². The van der Waals surface area contributed by atoms with Gasteiger partial charge in [0.25, 0.3) is 5.69 Å². The molecule has 0 radical (unpaired) electrons. The van der Waals surface area contributed by atoms with Crippen LogP contribution in [-0.4, -0.2) is 25.2 Å². The first-order valence-corrected chi connectivity index (χ1v) is 6.94. The minimum atomic E-state index is -0.497. The minimum absolute atomic E-state index is 0.0613. The monoisotopic (exact) mass is 321 g/mol. The SMILES string of the molecule is COc1cc([N+](=O)[O-])ccc1OCCCOc1ccc(F)cc1. The molecule has 0 saturated carbocycles. The van der Waals surface area contributed by atoms with Crippen molar-refractivity contribution in [3.63, 3.8) is 0 Å². The molecule has 2 aromatic rings. The predicted molar refractivity (Wildman–Crippen MR) is 81.7 cm³/mol. The van der Waals surface area contributed by atoms with E-state index in [0.29, 0.717) is 36.9 Å². The van der Waals surface area contributed by atoms with E-state index in [4.69, 9.17) is 14.2 Å². The van der Waals surface area contributed by atoms with Crippen molar-refractivity contribution in [1.29, 1.82) is 0 Å². The van der Waals surface area contributed by atoms with E-state index in [1.54, 1.807) is 12.1 Å². The molecule has 6 nitrogen and oxygen atoms in total. The second-order valence-corrected chi connectivity index (χ2v) is 4.60. The molecule has 0 heterocycles. The highest BCUT2D eigenvalue weighted by atomic mass is 19.1. The average molecular weight is 321 g/mol. The van der Waals surface area contributed by atoms with E-state index in [1.165, 1.54) is 37.4 Å². The van der Waals surface area contributed by atoms with Gasteiger partial charge in [-0.25, -0.2) is 4.39 Å². The smallest absolute Gasteiger partial charge is 0.273 e.